The molecule has 6 heteroatoms. The standard InChI is InChI=1S/C21H23FN4S.2C2H6/c22-17-8-6-16(7-9-17)19-14-24-21(27-19)26-20-5-1-4-18(25-20)13-15-3-2-11-23-12-10-15;2*1-2/h1,4-9,14-15,23H,2-3,10-13H2,(H,24,25,26);2*1-2H3. The van der Waals surface area contributed by atoms with E-state index in [-0.39, 0.29) is 5.82 Å². The number of nitrogens with zero attached hydrogens (tertiary/aromatic N) is 2. The smallest absolute Gasteiger partial charge is 0.188 e. The van der Waals surface area contributed by atoms with Crippen molar-refractivity contribution >= 4 is 22.3 Å². The van der Waals surface area contributed by atoms with E-state index in [1.54, 1.807) is 12.1 Å². The normalized spacial score (nSPS) is 15.6. The van der Waals surface area contributed by atoms with Crippen LogP contribution in [0.15, 0.2) is 48.7 Å². The van der Waals surface area contributed by atoms with E-state index in [1.807, 2.05) is 46.0 Å². The quantitative estimate of drug-likeness (QED) is 0.443. The van der Waals surface area contributed by atoms with Gasteiger partial charge in [-0.15, -0.1) is 0 Å². The lowest BCUT2D eigenvalue weighted by Crippen LogP contribution is -2.14. The third-order valence-electron chi connectivity index (χ3n) is 4.87. The fourth-order valence-corrected chi connectivity index (χ4v) is 4.27. The second-order valence-electron chi connectivity index (χ2n) is 6.93. The molecule has 4 nitrogen and oxygen atoms in total. The summed E-state index contributed by atoms with van der Waals surface area (Å²) in [4.78, 5) is 10.2. The van der Waals surface area contributed by atoms with Crippen molar-refractivity contribution in [1.29, 1.82) is 0 Å². The Morgan fingerprint density at radius 3 is 2.58 bits per heavy atom. The number of aromatic nitrogens is 2. The predicted octanol–water partition coefficient (Wildman–Crippen LogP) is 7.07. The molecule has 1 atom stereocenters. The Morgan fingerprint density at radius 1 is 1.03 bits per heavy atom. The summed E-state index contributed by atoms with van der Waals surface area (Å²) >= 11 is 1.54. The highest BCUT2D eigenvalue weighted by Gasteiger charge is 2.13. The Morgan fingerprint density at radius 2 is 1.81 bits per heavy atom. The second-order valence-corrected chi connectivity index (χ2v) is 7.96. The van der Waals surface area contributed by atoms with E-state index in [4.69, 9.17) is 4.98 Å². The van der Waals surface area contributed by atoms with E-state index in [2.05, 4.69) is 21.7 Å². The summed E-state index contributed by atoms with van der Waals surface area (Å²) in [5, 5.41) is 7.56. The van der Waals surface area contributed by atoms with E-state index < -0.39 is 0 Å². The van der Waals surface area contributed by atoms with Crippen molar-refractivity contribution < 1.29 is 4.39 Å². The van der Waals surface area contributed by atoms with Crippen molar-refractivity contribution in [3.8, 4) is 10.4 Å². The molecular formula is C25H35FN4S. The van der Waals surface area contributed by atoms with Crippen LogP contribution in [0.3, 0.4) is 0 Å². The first-order valence-electron chi connectivity index (χ1n) is 11.4. The minimum Gasteiger partial charge on any atom is -0.317 e. The van der Waals surface area contributed by atoms with Crippen LogP contribution in [0.4, 0.5) is 15.3 Å². The molecule has 3 heterocycles. The molecule has 1 fully saturated rings. The van der Waals surface area contributed by atoms with E-state index >= 15 is 0 Å². The summed E-state index contributed by atoms with van der Waals surface area (Å²) < 4.78 is 13.1. The zero-order valence-electron chi connectivity index (χ0n) is 19.1. The molecule has 0 amide bonds. The third-order valence-corrected chi connectivity index (χ3v) is 5.83. The minimum atomic E-state index is -0.230. The molecular weight excluding hydrogens is 407 g/mol. The SMILES string of the molecule is CC.CC.Fc1ccc(-c2cnc(Nc3cccc(CC4CCCNCC4)n3)s2)cc1. The molecule has 4 rings (SSSR count). The molecule has 168 valence electrons. The average Bonchev–Trinajstić information content (AvgIpc) is 3.12. The van der Waals surface area contributed by atoms with Gasteiger partial charge in [0.2, 0.25) is 0 Å². The highest BCUT2D eigenvalue weighted by atomic mass is 32.1. The van der Waals surface area contributed by atoms with E-state index in [0.29, 0.717) is 5.92 Å². The number of anilines is 2. The number of rotatable bonds is 5. The van der Waals surface area contributed by atoms with Crippen molar-refractivity contribution in [2.45, 2.75) is 53.4 Å². The molecule has 31 heavy (non-hydrogen) atoms. The van der Waals surface area contributed by atoms with Gasteiger partial charge in [-0.2, -0.15) is 0 Å². The first-order valence-corrected chi connectivity index (χ1v) is 12.2. The molecule has 0 bridgehead atoms. The number of halogens is 1. The first kappa shape index (κ1) is 25.0. The van der Waals surface area contributed by atoms with Crippen LogP contribution in [-0.4, -0.2) is 23.1 Å². The summed E-state index contributed by atoms with van der Waals surface area (Å²) in [5.74, 6) is 1.29. The zero-order chi connectivity index (χ0) is 22.5. The topological polar surface area (TPSA) is 49.8 Å². The van der Waals surface area contributed by atoms with Gasteiger partial charge in [0.25, 0.3) is 0 Å². The van der Waals surface area contributed by atoms with Crippen LogP contribution in [0.1, 0.15) is 52.7 Å². The molecule has 2 aromatic heterocycles. The zero-order valence-corrected chi connectivity index (χ0v) is 19.9. The lowest BCUT2D eigenvalue weighted by atomic mass is 9.95. The van der Waals surface area contributed by atoms with Crippen molar-refractivity contribution in [1.82, 2.24) is 15.3 Å². The largest absolute Gasteiger partial charge is 0.317 e. The first-order chi connectivity index (χ1) is 15.3. The number of benzene rings is 1. The number of nitrogens with one attached hydrogen (secondary N) is 2. The van der Waals surface area contributed by atoms with Gasteiger partial charge in [-0.1, -0.05) is 57.2 Å². The minimum absolute atomic E-state index is 0.230. The van der Waals surface area contributed by atoms with Gasteiger partial charge in [0.05, 0.1) is 4.88 Å². The maximum Gasteiger partial charge on any atom is 0.188 e. The molecule has 0 saturated carbocycles. The molecule has 1 saturated heterocycles. The Hall–Kier alpha value is -2.31. The van der Waals surface area contributed by atoms with Crippen LogP contribution in [0.2, 0.25) is 0 Å². The van der Waals surface area contributed by atoms with Gasteiger partial charge in [-0.25, -0.2) is 14.4 Å². The number of pyridine rings is 1. The molecule has 0 spiro atoms. The van der Waals surface area contributed by atoms with Crippen LogP contribution in [0, 0.1) is 11.7 Å². The van der Waals surface area contributed by atoms with Gasteiger partial charge < -0.3 is 10.6 Å². The molecule has 1 aliphatic rings. The van der Waals surface area contributed by atoms with Gasteiger partial charge in [0.15, 0.2) is 5.13 Å². The number of thiazole rings is 1. The fourth-order valence-electron chi connectivity index (χ4n) is 3.44. The molecule has 1 aliphatic heterocycles. The molecule has 3 aromatic rings. The van der Waals surface area contributed by atoms with Gasteiger partial charge >= 0.3 is 0 Å². The van der Waals surface area contributed by atoms with Crippen molar-refractivity contribution in [3.05, 3.63) is 60.2 Å². The molecule has 0 aliphatic carbocycles. The van der Waals surface area contributed by atoms with Crippen LogP contribution < -0.4 is 10.6 Å². The highest BCUT2D eigenvalue weighted by Crippen LogP contribution is 2.30. The van der Waals surface area contributed by atoms with E-state index in [1.165, 1.54) is 42.7 Å². The number of hydrogen-bond acceptors (Lipinski definition) is 5. The van der Waals surface area contributed by atoms with Gasteiger partial charge in [-0.05, 0) is 74.5 Å². The Labute approximate surface area is 190 Å². The Kier molecular flexibility index (Phi) is 11.2. The molecule has 0 radical (unpaired) electrons. The van der Waals surface area contributed by atoms with Crippen LogP contribution in [0.5, 0.6) is 0 Å². The van der Waals surface area contributed by atoms with Crippen LogP contribution in [-0.2, 0) is 6.42 Å². The van der Waals surface area contributed by atoms with Gasteiger partial charge in [-0.3, -0.25) is 0 Å². The summed E-state index contributed by atoms with van der Waals surface area (Å²) in [6.07, 6.45) is 6.55. The fraction of sp³-hybridized carbons (Fsp3) is 0.440. The van der Waals surface area contributed by atoms with Crippen molar-refractivity contribution in [2.24, 2.45) is 5.92 Å². The van der Waals surface area contributed by atoms with Crippen LogP contribution >= 0.6 is 11.3 Å². The predicted molar refractivity (Wildman–Crippen MR) is 132 cm³/mol. The monoisotopic (exact) mass is 442 g/mol. The molecule has 2 N–H and O–H groups in total. The van der Waals surface area contributed by atoms with Crippen molar-refractivity contribution in [2.75, 3.05) is 18.4 Å². The van der Waals surface area contributed by atoms with Gasteiger partial charge in [0.1, 0.15) is 11.6 Å². The van der Waals surface area contributed by atoms with Crippen molar-refractivity contribution in [3.63, 3.8) is 0 Å². The Balaban J connectivity index is 0.000000807. The number of hydrogen-bond donors (Lipinski definition) is 2. The maximum atomic E-state index is 13.1. The van der Waals surface area contributed by atoms with Gasteiger partial charge in [0, 0.05) is 11.9 Å². The van der Waals surface area contributed by atoms with E-state index in [0.717, 1.165) is 46.6 Å². The summed E-state index contributed by atoms with van der Waals surface area (Å²) in [6.45, 7) is 10.2. The second kappa shape index (κ2) is 13.9. The lowest BCUT2D eigenvalue weighted by molar-refractivity contribution is 0.465. The summed E-state index contributed by atoms with van der Waals surface area (Å²) in [6, 6.07) is 12.6. The maximum absolute atomic E-state index is 13.1. The highest BCUT2D eigenvalue weighted by molar-refractivity contribution is 7.18. The van der Waals surface area contributed by atoms with Crippen LogP contribution in [0.25, 0.3) is 10.4 Å². The summed E-state index contributed by atoms with van der Waals surface area (Å²) in [7, 11) is 0. The average molecular weight is 443 g/mol. The Bertz CT molecular complexity index is 871. The van der Waals surface area contributed by atoms with E-state index in [9.17, 15) is 4.39 Å². The third kappa shape index (κ3) is 8.04. The lowest BCUT2D eigenvalue weighted by Gasteiger charge is -2.13. The molecule has 1 unspecified atom stereocenters. The summed E-state index contributed by atoms with van der Waals surface area (Å²) in [5.41, 5.74) is 2.09. The molecule has 1 aromatic carbocycles.